The zero-order chi connectivity index (χ0) is 12.1. The highest BCUT2D eigenvalue weighted by molar-refractivity contribution is 9.10. The van der Waals surface area contributed by atoms with Gasteiger partial charge in [-0.25, -0.2) is 4.98 Å². The zero-order valence-electron chi connectivity index (χ0n) is 9.70. The average Bonchev–Trinajstić information content (AvgIpc) is 2.27. The molecule has 1 atom stereocenters. The topological polar surface area (TPSA) is 73.1 Å². The molecule has 0 aromatic carbocycles. The van der Waals surface area contributed by atoms with Crippen molar-refractivity contribution in [3.63, 3.8) is 0 Å². The number of rotatable bonds is 5. The molecule has 0 aliphatic carbocycles. The Morgan fingerprint density at radius 1 is 1.56 bits per heavy atom. The van der Waals surface area contributed by atoms with Gasteiger partial charge in [-0.2, -0.15) is 4.98 Å². The van der Waals surface area contributed by atoms with Crippen LogP contribution in [0.4, 0.5) is 5.95 Å². The summed E-state index contributed by atoms with van der Waals surface area (Å²) in [6, 6.07) is 0.0817. The molecule has 0 saturated heterocycles. The molecule has 90 valence electrons. The Hall–Kier alpha value is -0.880. The summed E-state index contributed by atoms with van der Waals surface area (Å²) in [4.78, 5) is 8.29. The predicted molar refractivity (Wildman–Crippen MR) is 67.6 cm³/mol. The standard InChI is InChI=1S/C10H17BrN4O/c1-6(2)8(12)5-14-10-13-4-7(11)9(15-10)16-3/h4,6,8H,5,12H2,1-3H3,(H,13,14,15). The van der Waals surface area contributed by atoms with Gasteiger partial charge in [0.2, 0.25) is 11.8 Å². The molecule has 1 aromatic rings. The SMILES string of the molecule is COc1nc(NCC(N)C(C)C)ncc1Br. The van der Waals surface area contributed by atoms with E-state index in [1.807, 2.05) is 0 Å². The highest BCUT2D eigenvalue weighted by atomic mass is 79.9. The van der Waals surface area contributed by atoms with Crippen LogP contribution in [0.15, 0.2) is 10.7 Å². The van der Waals surface area contributed by atoms with E-state index in [1.165, 1.54) is 0 Å². The molecule has 6 heteroatoms. The van der Waals surface area contributed by atoms with E-state index < -0.39 is 0 Å². The van der Waals surface area contributed by atoms with Crippen LogP contribution in [0.3, 0.4) is 0 Å². The van der Waals surface area contributed by atoms with Gasteiger partial charge in [-0.15, -0.1) is 0 Å². The van der Waals surface area contributed by atoms with Gasteiger partial charge in [0.1, 0.15) is 0 Å². The molecular formula is C10H17BrN4O. The number of nitrogens with one attached hydrogen (secondary N) is 1. The second kappa shape index (κ2) is 6.00. The molecule has 0 spiro atoms. The van der Waals surface area contributed by atoms with Gasteiger partial charge >= 0.3 is 0 Å². The molecule has 0 aliphatic heterocycles. The van der Waals surface area contributed by atoms with Crippen molar-refractivity contribution in [2.24, 2.45) is 11.7 Å². The first kappa shape index (κ1) is 13.2. The number of halogens is 1. The van der Waals surface area contributed by atoms with Crippen LogP contribution in [-0.4, -0.2) is 29.7 Å². The van der Waals surface area contributed by atoms with Crippen molar-refractivity contribution in [1.29, 1.82) is 0 Å². The summed E-state index contributed by atoms with van der Waals surface area (Å²) >= 11 is 3.29. The van der Waals surface area contributed by atoms with Crippen molar-refractivity contribution in [3.05, 3.63) is 10.7 Å². The number of hydrogen-bond donors (Lipinski definition) is 2. The molecule has 3 N–H and O–H groups in total. The van der Waals surface area contributed by atoms with Crippen LogP contribution < -0.4 is 15.8 Å². The highest BCUT2D eigenvalue weighted by Gasteiger charge is 2.09. The summed E-state index contributed by atoms with van der Waals surface area (Å²) in [5.41, 5.74) is 5.91. The summed E-state index contributed by atoms with van der Waals surface area (Å²) in [5.74, 6) is 1.46. The Balaban J connectivity index is 2.61. The third-order valence-electron chi connectivity index (χ3n) is 2.26. The second-order valence-electron chi connectivity index (χ2n) is 3.84. The smallest absolute Gasteiger partial charge is 0.232 e. The molecule has 1 heterocycles. The van der Waals surface area contributed by atoms with Gasteiger partial charge < -0.3 is 15.8 Å². The van der Waals surface area contributed by atoms with E-state index in [2.05, 4.69) is 45.1 Å². The number of ether oxygens (including phenoxy) is 1. The summed E-state index contributed by atoms with van der Waals surface area (Å²) in [6.07, 6.45) is 1.65. The Morgan fingerprint density at radius 3 is 2.81 bits per heavy atom. The minimum Gasteiger partial charge on any atom is -0.480 e. The molecule has 0 bridgehead atoms. The molecule has 0 aliphatic rings. The molecule has 0 amide bonds. The zero-order valence-corrected chi connectivity index (χ0v) is 11.3. The second-order valence-corrected chi connectivity index (χ2v) is 4.69. The van der Waals surface area contributed by atoms with Crippen molar-refractivity contribution in [1.82, 2.24) is 9.97 Å². The van der Waals surface area contributed by atoms with Crippen LogP contribution in [0, 0.1) is 5.92 Å². The van der Waals surface area contributed by atoms with Gasteiger partial charge in [0.05, 0.1) is 17.8 Å². The first-order valence-corrected chi connectivity index (χ1v) is 5.90. The van der Waals surface area contributed by atoms with Crippen LogP contribution in [0.2, 0.25) is 0 Å². The number of nitrogens with two attached hydrogens (primary N) is 1. The number of hydrogen-bond acceptors (Lipinski definition) is 5. The van der Waals surface area contributed by atoms with Crippen molar-refractivity contribution in [2.75, 3.05) is 19.0 Å². The van der Waals surface area contributed by atoms with Crippen LogP contribution in [0.5, 0.6) is 5.88 Å². The minimum absolute atomic E-state index is 0.0817. The molecule has 0 radical (unpaired) electrons. The Labute approximate surface area is 104 Å². The van der Waals surface area contributed by atoms with Crippen LogP contribution >= 0.6 is 15.9 Å². The molecule has 1 unspecified atom stereocenters. The first-order valence-electron chi connectivity index (χ1n) is 5.10. The van der Waals surface area contributed by atoms with E-state index in [-0.39, 0.29) is 6.04 Å². The van der Waals surface area contributed by atoms with E-state index >= 15 is 0 Å². The van der Waals surface area contributed by atoms with E-state index in [4.69, 9.17) is 10.5 Å². The Morgan fingerprint density at radius 2 is 2.25 bits per heavy atom. The lowest BCUT2D eigenvalue weighted by atomic mass is 10.1. The molecule has 1 rings (SSSR count). The fraction of sp³-hybridized carbons (Fsp3) is 0.600. The highest BCUT2D eigenvalue weighted by Crippen LogP contribution is 2.21. The fourth-order valence-electron chi connectivity index (χ4n) is 1.02. The van der Waals surface area contributed by atoms with Crippen molar-refractivity contribution >= 4 is 21.9 Å². The largest absolute Gasteiger partial charge is 0.480 e. The molecule has 5 nitrogen and oxygen atoms in total. The predicted octanol–water partition coefficient (Wildman–Crippen LogP) is 1.64. The van der Waals surface area contributed by atoms with Gasteiger partial charge in [-0.3, -0.25) is 0 Å². The maximum atomic E-state index is 5.91. The van der Waals surface area contributed by atoms with Crippen LogP contribution in [0.25, 0.3) is 0 Å². The quantitative estimate of drug-likeness (QED) is 0.862. The number of methoxy groups -OCH3 is 1. The van der Waals surface area contributed by atoms with E-state index in [9.17, 15) is 0 Å². The third-order valence-corrected chi connectivity index (χ3v) is 2.80. The summed E-state index contributed by atoms with van der Waals surface area (Å²) in [6.45, 7) is 4.80. The lowest BCUT2D eigenvalue weighted by Gasteiger charge is -2.16. The Bertz CT molecular complexity index is 346. The first-order chi connectivity index (χ1) is 7.54. The summed E-state index contributed by atoms with van der Waals surface area (Å²) < 4.78 is 5.80. The van der Waals surface area contributed by atoms with Crippen molar-refractivity contribution in [3.8, 4) is 5.88 Å². The van der Waals surface area contributed by atoms with Gasteiger partial charge in [-0.1, -0.05) is 13.8 Å². The normalized spacial score (nSPS) is 12.6. The fourth-order valence-corrected chi connectivity index (χ4v) is 1.38. The maximum Gasteiger partial charge on any atom is 0.232 e. The number of nitrogens with zero attached hydrogens (tertiary/aromatic N) is 2. The molecule has 1 aromatic heterocycles. The maximum absolute atomic E-state index is 5.91. The lowest BCUT2D eigenvalue weighted by Crippen LogP contribution is -2.34. The third kappa shape index (κ3) is 3.61. The van der Waals surface area contributed by atoms with Gasteiger partial charge in [-0.05, 0) is 21.8 Å². The lowest BCUT2D eigenvalue weighted by molar-refractivity contribution is 0.394. The van der Waals surface area contributed by atoms with Crippen LogP contribution in [0.1, 0.15) is 13.8 Å². The molecule has 0 saturated carbocycles. The minimum atomic E-state index is 0.0817. The van der Waals surface area contributed by atoms with E-state index in [1.54, 1.807) is 13.3 Å². The monoisotopic (exact) mass is 288 g/mol. The summed E-state index contributed by atoms with van der Waals surface area (Å²) in [7, 11) is 1.57. The molecule has 0 fully saturated rings. The van der Waals surface area contributed by atoms with Crippen molar-refractivity contribution in [2.45, 2.75) is 19.9 Å². The van der Waals surface area contributed by atoms with Gasteiger partial charge in [0.15, 0.2) is 0 Å². The van der Waals surface area contributed by atoms with Crippen molar-refractivity contribution < 1.29 is 4.74 Å². The molecule has 16 heavy (non-hydrogen) atoms. The van der Waals surface area contributed by atoms with E-state index in [0.717, 1.165) is 4.47 Å². The van der Waals surface area contributed by atoms with Crippen LogP contribution in [-0.2, 0) is 0 Å². The van der Waals surface area contributed by atoms with Gasteiger partial charge in [0.25, 0.3) is 0 Å². The average molecular weight is 289 g/mol. The Kier molecular flexibility index (Phi) is 4.95. The summed E-state index contributed by atoms with van der Waals surface area (Å²) in [5, 5.41) is 3.08. The number of aromatic nitrogens is 2. The van der Waals surface area contributed by atoms with Gasteiger partial charge in [0, 0.05) is 12.6 Å². The molecular weight excluding hydrogens is 272 g/mol. The number of anilines is 1. The van der Waals surface area contributed by atoms with E-state index in [0.29, 0.717) is 24.3 Å².